The molecule has 3 aromatic rings. The quantitative estimate of drug-likeness (QED) is 0.625. The average Bonchev–Trinajstić information content (AvgIpc) is 3.42. The standard InChI is InChI=1S/C25H27N3O4S/c1-25(24(30)26-17-5-3-2-4-6-17)15-27-19(13-16-9-12-33-23(16)27)22(29)28(25)18-7-8-20-21(14-18)32-11-10-31-20/h7-9,12-14,17H,2-6,10-11,15H2,1H3,(H,26,30)/t25-/m1/s1. The normalized spacial score (nSPS) is 22.9. The van der Waals surface area contributed by atoms with E-state index in [0.29, 0.717) is 42.6 Å². The van der Waals surface area contributed by atoms with Crippen LogP contribution in [0.2, 0.25) is 0 Å². The Hall–Kier alpha value is -3.00. The Bertz CT molecular complexity index is 1240. The Morgan fingerprint density at radius 2 is 1.88 bits per heavy atom. The first kappa shape index (κ1) is 20.6. The van der Waals surface area contributed by atoms with E-state index in [4.69, 9.17) is 9.47 Å². The van der Waals surface area contributed by atoms with Crippen LogP contribution in [0.1, 0.15) is 49.5 Å². The minimum atomic E-state index is -1.08. The maximum Gasteiger partial charge on any atom is 0.275 e. The minimum Gasteiger partial charge on any atom is -0.486 e. The highest BCUT2D eigenvalue weighted by molar-refractivity contribution is 7.16. The van der Waals surface area contributed by atoms with E-state index in [9.17, 15) is 9.59 Å². The Labute approximate surface area is 196 Å². The van der Waals surface area contributed by atoms with Gasteiger partial charge >= 0.3 is 0 Å². The number of carbonyl (C=O) groups excluding carboxylic acids is 2. The third-order valence-electron chi connectivity index (χ3n) is 7.10. The van der Waals surface area contributed by atoms with Gasteiger partial charge in [-0.15, -0.1) is 11.3 Å². The van der Waals surface area contributed by atoms with Crippen LogP contribution in [-0.2, 0) is 11.3 Å². The molecule has 1 N–H and O–H groups in total. The summed E-state index contributed by atoms with van der Waals surface area (Å²) in [5.41, 5.74) is 0.164. The van der Waals surface area contributed by atoms with Gasteiger partial charge in [-0.3, -0.25) is 14.5 Å². The van der Waals surface area contributed by atoms with Crippen LogP contribution in [0.3, 0.4) is 0 Å². The largest absolute Gasteiger partial charge is 0.486 e. The molecule has 8 heteroatoms. The summed E-state index contributed by atoms with van der Waals surface area (Å²) in [5.74, 6) is 0.972. The number of rotatable bonds is 3. The van der Waals surface area contributed by atoms with Crippen molar-refractivity contribution in [1.29, 1.82) is 0 Å². The van der Waals surface area contributed by atoms with Gasteiger partial charge in [0.2, 0.25) is 5.91 Å². The van der Waals surface area contributed by atoms with E-state index < -0.39 is 5.54 Å². The van der Waals surface area contributed by atoms with Gasteiger partial charge in [0.25, 0.3) is 5.91 Å². The molecule has 4 heterocycles. The van der Waals surface area contributed by atoms with Crippen molar-refractivity contribution in [2.75, 3.05) is 18.1 Å². The van der Waals surface area contributed by atoms with E-state index in [1.165, 1.54) is 6.42 Å². The number of anilines is 1. The van der Waals surface area contributed by atoms with Crippen LogP contribution in [-0.4, -0.2) is 41.2 Å². The number of nitrogens with zero attached hydrogens (tertiary/aromatic N) is 2. The molecule has 3 aliphatic rings. The molecule has 1 atom stereocenters. The highest BCUT2D eigenvalue weighted by Crippen LogP contribution is 2.41. The average molecular weight is 466 g/mol. The van der Waals surface area contributed by atoms with E-state index in [2.05, 4.69) is 5.32 Å². The molecule has 0 saturated heterocycles. The van der Waals surface area contributed by atoms with Crippen molar-refractivity contribution in [2.45, 2.75) is 57.2 Å². The highest BCUT2D eigenvalue weighted by atomic mass is 32.1. The lowest BCUT2D eigenvalue weighted by atomic mass is 9.91. The predicted octanol–water partition coefficient (Wildman–Crippen LogP) is 4.34. The van der Waals surface area contributed by atoms with Crippen LogP contribution < -0.4 is 19.7 Å². The summed E-state index contributed by atoms with van der Waals surface area (Å²) in [5, 5.41) is 6.33. The molecule has 2 amide bonds. The van der Waals surface area contributed by atoms with Crippen LogP contribution >= 0.6 is 11.3 Å². The van der Waals surface area contributed by atoms with Crippen LogP contribution in [0.5, 0.6) is 11.5 Å². The molecule has 172 valence electrons. The van der Waals surface area contributed by atoms with E-state index >= 15 is 0 Å². The van der Waals surface area contributed by atoms with Crippen molar-refractivity contribution >= 4 is 39.1 Å². The summed E-state index contributed by atoms with van der Waals surface area (Å²) < 4.78 is 13.5. The fraction of sp³-hybridized carbons (Fsp3) is 0.440. The summed E-state index contributed by atoms with van der Waals surface area (Å²) in [6, 6.07) is 9.60. The molecular weight excluding hydrogens is 438 g/mol. The smallest absolute Gasteiger partial charge is 0.275 e. The maximum absolute atomic E-state index is 13.9. The van der Waals surface area contributed by atoms with Gasteiger partial charge in [-0.25, -0.2) is 0 Å². The molecule has 2 aliphatic heterocycles. The van der Waals surface area contributed by atoms with Gasteiger partial charge in [-0.2, -0.15) is 0 Å². The van der Waals surface area contributed by atoms with Crippen molar-refractivity contribution in [3.05, 3.63) is 41.4 Å². The highest BCUT2D eigenvalue weighted by Gasteiger charge is 2.49. The van der Waals surface area contributed by atoms with Crippen LogP contribution in [0.15, 0.2) is 35.7 Å². The summed E-state index contributed by atoms with van der Waals surface area (Å²) in [6.45, 7) is 3.23. The number of fused-ring (bicyclic) bond motifs is 4. The second-order valence-electron chi connectivity index (χ2n) is 9.35. The van der Waals surface area contributed by atoms with Gasteiger partial charge in [0.15, 0.2) is 11.5 Å². The van der Waals surface area contributed by atoms with Gasteiger partial charge in [-0.05, 0) is 49.4 Å². The molecule has 1 fully saturated rings. The molecule has 1 saturated carbocycles. The Morgan fingerprint density at radius 1 is 1.09 bits per heavy atom. The van der Waals surface area contributed by atoms with Crippen molar-refractivity contribution in [1.82, 2.24) is 9.88 Å². The molecule has 6 rings (SSSR count). The zero-order valence-electron chi connectivity index (χ0n) is 18.6. The molecule has 0 bridgehead atoms. The van der Waals surface area contributed by atoms with Gasteiger partial charge < -0.3 is 19.4 Å². The maximum atomic E-state index is 13.9. The molecule has 7 nitrogen and oxygen atoms in total. The zero-order valence-corrected chi connectivity index (χ0v) is 19.5. The van der Waals surface area contributed by atoms with Gasteiger partial charge in [-0.1, -0.05) is 19.3 Å². The van der Waals surface area contributed by atoms with Gasteiger partial charge in [0.05, 0.1) is 6.54 Å². The summed E-state index contributed by atoms with van der Waals surface area (Å²) in [4.78, 5) is 30.4. The SMILES string of the molecule is C[C@]1(C(=O)NC2CCCCC2)Cn2c(cc3ccsc32)C(=O)N1c1ccc2c(c1)OCCO2. The molecule has 0 radical (unpaired) electrons. The molecular formula is C25H27N3O4S. The first-order valence-electron chi connectivity index (χ1n) is 11.7. The van der Waals surface area contributed by atoms with Crippen molar-refractivity contribution in [3.8, 4) is 11.5 Å². The Kier molecular flexibility index (Phi) is 4.87. The Morgan fingerprint density at radius 3 is 2.70 bits per heavy atom. The molecule has 2 aromatic heterocycles. The van der Waals surface area contributed by atoms with Crippen molar-refractivity contribution in [3.63, 3.8) is 0 Å². The molecule has 1 aromatic carbocycles. The first-order valence-corrected chi connectivity index (χ1v) is 12.5. The third kappa shape index (κ3) is 3.30. The minimum absolute atomic E-state index is 0.110. The molecule has 1 aliphatic carbocycles. The van der Waals surface area contributed by atoms with E-state index in [1.54, 1.807) is 16.2 Å². The van der Waals surface area contributed by atoms with Crippen molar-refractivity contribution < 1.29 is 19.1 Å². The second kappa shape index (κ2) is 7.80. The van der Waals surface area contributed by atoms with Gasteiger partial charge in [0.1, 0.15) is 29.3 Å². The molecule has 33 heavy (non-hydrogen) atoms. The number of amides is 2. The van der Waals surface area contributed by atoms with Crippen LogP contribution in [0, 0.1) is 0 Å². The molecule has 0 unspecified atom stereocenters. The van der Waals surface area contributed by atoms with Crippen LogP contribution in [0.4, 0.5) is 5.69 Å². The fourth-order valence-electron chi connectivity index (χ4n) is 5.36. The number of aromatic nitrogens is 1. The summed E-state index contributed by atoms with van der Waals surface area (Å²) in [6.07, 6.45) is 5.45. The van der Waals surface area contributed by atoms with E-state index in [-0.39, 0.29) is 17.9 Å². The summed E-state index contributed by atoms with van der Waals surface area (Å²) in [7, 11) is 0. The Balaban J connectivity index is 1.44. The van der Waals surface area contributed by atoms with Crippen LogP contribution in [0.25, 0.3) is 10.2 Å². The molecule has 0 spiro atoms. The lowest BCUT2D eigenvalue weighted by molar-refractivity contribution is -0.127. The second-order valence-corrected chi connectivity index (χ2v) is 10.2. The number of thiophene rings is 1. The lowest BCUT2D eigenvalue weighted by Crippen LogP contribution is -2.65. The first-order chi connectivity index (χ1) is 16.0. The zero-order chi connectivity index (χ0) is 22.6. The lowest BCUT2D eigenvalue weighted by Gasteiger charge is -2.44. The number of benzene rings is 1. The monoisotopic (exact) mass is 465 g/mol. The fourth-order valence-corrected chi connectivity index (χ4v) is 6.26. The number of hydrogen-bond acceptors (Lipinski definition) is 5. The topological polar surface area (TPSA) is 72.8 Å². The van der Waals surface area contributed by atoms with E-state index in [1.807, 2.05) is 47.2 Å². The number of carbonyl (C=O) groups is 2. The number of nitrogens with one attached hydrogen (secondary N) is 1. The number of hydrogen-bond donors (Lipinski definition) is 1. The van der Waals surface area contributed by atoms with E-state index in [0.717, 1.165) is 35.9 Å². The van der Waals surface area contributed by atoms with Crippen molar-refractivity contribution in [2.24, 2.45) is 0 Å². The number of ether oxygens (including phenoxy) is 2. The predicted molar refractivity (Wildman–Crippen MR) is 127 cm³/mol. The van der Waals surface area contributed by atoms with Gasteiger partial charge in [0, 0.05) is 23.2 Å². The summed E-state index contributed by atoms with van der Waals surface area (Å²) >= 11 is 1.60. The third-order valence-corrected chi connectivity index (χ3v) is 8.05.